The molecule has 1 rings (SSSR count). The third-order valence-electron chi connectivity index (χ3n) is 4.42. The predicted octanol–water partition coefficient (Wildman–Crippen LogP) is 3.23. The van der Waals surface area contributed by atoms with Crippen molar-refractivity contribution in [3.63, 3.8) is 0 Å². The summed E-state index contributed by atoms with van der Waals surface area (Å²) in [6.07, 6.45) is 4.99. The molecule has 0 aromatic carbocycles. The van der Waals surface area contributed by atoms with Gasteiger partial charge in [0.25, 0.3) is 0 Å². The van der Waals surface area contributed by atoms with E-state index in [-0.39, 0.29) is 5.60 Å². The van der Waals surface area contributed by atoms with Crippen molar-refractivity contribution in [2.45, 2.75) is 59.0 Å². The van der Waals surface area contributed by atoms with Crippen molar-refractivity contribution in [1.29, 1.82) is 0 Å². The minimum atomic E-state index is 0.0541. The molecule has 1 saturated carbocycles. The Kier molecular flexibility index (Phi) is 7.96. The van der Waals surface area contributed by atoms with Crippen LogP contribution < -0.4 is 5.32 Å². The second-order valence-corrected chi connectivity index (χ2v) is 6.09. The van der Waals surface area contributed by atoms with Crippen LogP contribution in [0, 0.1) is 11.8 Å². The number of hydrogen-bond donors (Lipinski definition) is 1. The molecule has 3 nitrogen and oxygen atoms in total. The van der Waals surface area contributed by atoms with Crippen LogP contribution in [0.4, 0.5) is 0 Å². The first-order valence-electron chi connectivity index (χ1n) is 8.06. The molecule has 114 valence electrons. The molecule has 0 aliphatic heterocycles. The molecule has 0 radical (unpaired) electrons. The highest BCUT2D eigenvalue weighted by molar-refractivity contribution is 4.90. The first-order valence-corrected chi connectivity index (χ1v) is 8.06. The smallest absolute Gasteiger partial charge is 0.0807 e. The lowest BCUT2D eigenvalue weighted by Gasteiger charge is -2.41. The number of hydrogen-bond acceptors (Lipinski definition) is 3. The lowest BCUT2D eigenvalue weighted by Crippen LogP contribution is -2.47. The van der Waals surface area contributed by atoms with Gasteiger partial charge >= 0.3 is 0 Å². The topological polar surface area (TPSA) is 30.5 Å². The summed E-state index contributed by atoms with van der Waals surface area (Å²) in [4.78, 5) is 0. The molecule has 0 aromatic rings. The molecule has 0 spiro atoms. The zero-order chi connectivity index (χ0) is 14.1. The Morgan fingerprint density at radius 2 is 1.84 bits per heavy atom. The molecule has 0 unspecified atom stereocenters. The molecule has 0 saturated heterocycles. The van der Waals surface area contributed by atoms with Crippen LogP contribution in [0.25, 0.3) is 0 Å². The summed E-state index contributed by atoms with van der Waals surface area (Å²) >= 11 is 0. The van der Waals surface area contributed by atoms with Crippen LogP contribution in [0.2, 0.25) is 0 Å². The third-order valence-corrected chi connectivity index (χ3v) is 4.42. The van der Waals surface area contributed by atoms with Crippen LogP contribution in [0.5, 0.6) is 0 Å². The number of rotatable bonds is 9. The fraction of sp³-hybridized carbons (Fsp3) is 1.00. The van der Waals surface area contributed by atoms with E-state index in [1.807, 2.05) is 6.92 Å². The molecule has 0 aromatic heterocycles. The highest BCUT2D eigenvalue weighted by Crippen LogP contribution is 2.37. The summed E-state index contributed by atoms with van der Waals surface area (Å²) in [5.41, 5.74) is 0.0541. The molecule has 0 bridgehead atoms. The van der Waals surface area contributed by atoms with Crippen molar-refractivity contribution < 1.29 is 9.47 Å². The Labute approximate surface area is 119 Å². The monoisotopic (exact) mass is 271 g/mol. The van der Waals surface area contributed by atoms with Crippen molar-refractivity contribution in [2.75, 3.05) is 32.9 Å². The Hall–Kier alpha value is -0.120. The maximum absolute atomic E-state index is 6.22. The van der Waals surface area contributed by atoms with E-state index in [1.165, 1.54) is 25.7 Å². The van der Waals surface area contributed by atoms with Gasteiger partial charge in [-0.15, -0.1) is 0 Å². The van der Waals surface area contributed by atoms with Gasteiger partial charge in [0.1, 0.15) is 0 Å². The molecule has 3 heteroatoms. The molecule has 0 atom stereocenters. The van der Waals surface area contributed by atoms with E-state index in [9.17, 15) is 0 Å². The van der Waals surface area contributed by atoms with Gasteiger partial charge in [-0.2, -0.15) is 0 Å². The largest absolute Gasteiger partial charge is 0.379 e. The second kappa shape index (κ2) is 8.93. The summed E-state index contributed by atoms with van der Waals surface area (Å²) in [6, 6.07) is 0. The molecular formula is C16H33NO2. The molecular weight excluding hydrogens is 238 g/mol. The summed E-state index contributed by atoms with van der Waals surface area (Å²) in [5.74, 6) is 1.69. The average molecular weight is 271 g/mol. The molecule has 1 aliphatic rings. The lowest BCUT2D eigenvalue weighted by atomic mass is 9.74. The zero-order valence-electron chi connectivity index (χ0n) is 13.3. The van der Waals surface area contributed by atoms with E-state index >= 15 is 0 Å². The Morgan fingerprint density at radius 3 is 2.37 bits per heavy atom. The van der Waals surface area contributed by atoms with Gasteiger partial charge in [0, 0.05) is 13.2 Å². The Morgan fingerprint density at radius 1 is 1.16 bits per heavy atom. The van der Waals surface area contributed by atoms with Gasteiger partial charge in [-0.1, -0.05) is 20.8 Å². The molecule has 1 aliphatic carbocycles. The van der Waals surface area contributed by atoms with Gasteiger partial charge in [0.15, 0.2) is 0 Å². The van der Waals surface area contributed by atoms with E-state index in [0.29, 0.717) is 0 Å². The number of nitrogens with one attached hydrogen (secondary N) is 1. The fourth-order valence-electron chi connectivity index (χ4n) is 3.02. The van der Waals surface area contributed by atoms with Gasteiger partial charge in [-0.3, -0.25) is 0 Å². The van der Waals surface area contributed by atoms with Crippen LogP contribution in [0.3, 0.4) is 0 Å². The van der Waals surface area contributed by atoms with Gasteiger partial charge < -0.3 is 14.8 Å². The normalized spacial score (nSPS) is 27.9. The quantitative estimate of drug-likeness (QED) is 0.653. The maximum atomic E-state index is 6.22. The molecule has 1 fully saturated rings. The Balaban J connectivity index is 2.43. The van der Waals surface area contributed by atoms with E-state index in [4.69, 9.17) is 9.47 Å². The zero-order valence-corrected chi connectivity index (χ0v) is 13.3. The summed E-state index contributed by atoms with van der Waals surface area (Å²) < 4.78 is 11.6. The highest BCUT2D eigenvalue weighted by atomic mass is 16.5. The van der Waals surface area contributed by atoms with Crippen LogP contribution >= 0.6 is 0 Å². The van der Waals surface area contributed by atoms with Gasteiger partial charge in [-0.05, 0) is 51.0 Å². The van der Waals surface area contributed by atoms with E-state index in [0.717, 1.165) is 44.7 Å². The van der Waals surface area contributed by atoms with Crippen LogP contribution in [-0.2, 0) is 9.47 Å². The summed E-state index contributed by atoms with van der Waals surface area (Å²) in [6.45, 7) is 13.1. The Bertz CT molecular complexity index is 223. The standard InChI is InChI=1S/C16H33NO2/c1-5-17-13-16(19-12-11-18-6-2)9-7-15(8-10-16)14(3)4/h14-15,17H,5-13H2,1-4H3. The molecule has 19 heavy (non-hydrogen) atoms. The average Bonchev–Trinajstić information content (AvgIpc) is 2.42. The molecule has 0 heterocycles. The minimum absolute atomic E-state index is 0.0541. The summed E-state index contributed by atoms with van der Waals surface area (Å²) in [7, 11) is 0. The number of likely N-dealkylation sites (N-methyl/N-ethyl adjacent to an activating group) is 1. The van der Waals surface area contributed by atoms with Crippen molar-refractivity contribution in [3.05, 3.63) is 0 Å². The van der Waals surface area contributed by atoms with Crippen molar-refractivity contribution in [3.8, 4) is 0 Å². The van der Waals surface area contributed by atoms with Crippen molar-refractivity contribution in [2.24, 2.45) is 11.8 Å². The predicted molar refractivity (Wildman–Crippen MR) is 80.5 cm³/mol. The number of ether oxygens (including phenoxy) is 2. The van der Waals surface area contributed by atoms with E-state index in [1.54, 1.807) is 0 Å². The van der Waals surface area contributed by atoms with Gasteiger partial charge in [-0.25, -0.2) is 0 Å². The van der Waals surface area contributed by atoms with Gasteiger partial charge in [0.05, 0.1) is 18.8 Å². The SMILES string of the molecule is CCNCC1(OCCOCC)CCC(C(C)C)CC1. The first kappa shape index (κ1) is 16.9. The first-order chi connectivity index (χ1) is 9.13. The highest BCUT2D eigenvalue weighted by Gasteiger charge is 2.36. The molecule has 1 N–H and O–H groups in total. The van der Waals surface area contributed by atoms with Crippen LogP contribution in [-0.4, -0.2) is 38.5 Å². The van der Waals surface area contributed by atoms with Gasteiger partial charge in [0.2, 0.25) is 0 Å². The van der Waals surface area contributed by atoms with Crippen LogP contribution in [0.1, 0.15) is 53.4 Å². The van der Waals surface area contributed by atoms with Crippen molar-refractivity contribution in [1.82, 2.24) is 5.32 Å². The maximum Gasteiger partial charge on any atom is 0.0807 e. The minimum Gasteiger partial charge on any atom is -0.379 e. The summed E-state index contributed by atoms with van der Waals surface area (Å²) in [5, 5.41) is 3.48. The fourth-order valence-corrected chi connectivity index (χ4v) is 3.02. The molecule has 0 amide bonds. The third kappa shape index (κ3) is 5.80. The van der Waals surface area contributed by atoms with Crippen LogP contribution in [0.15, 0.2) is 0 Å². The van der Waals surface area contributed by atoms with E-state index < -0.39 is 0 Å². The second-order valence-electron chi connectivity index (χ2n) is 6.09. The van der Waals surface area contributed by atoms with E-state index in [2.05, 4.69) is 26.1 Å². The lowest BCUT2D eigenvalue weighted by molar-refractivity contribution is -0.0941. The van der Waals surface area contributed by atoms with Crippen molar-refractivity contribution >= 4 is 0 Å².